The minimum Gasteiger partial charge on any atom is -0.508 e. The molecule has 1 heterocycles. The van der Waals surface area contributed by atoms with Gasteiger partial charge in [-0.15, -0.1) is 0 Å². The van der Waals surface area contributed by atoms with Gasteiger partial charge in [-0.05, 0) is 47.8 Å². The number of aliphatic carboxylic acids is 1. The van der Waals surface area contributed by atoms with Gasteiger partial charge in [0.25, 0.3) is 0 Å². The van der Waals surface area contributed by atoms with Crippen molar-refractivity contribution in [3.05, 3.63) is 65.9 Å². The van der Waals surface area contributed by atoms with Crippen LogP contribution < -0.4 is 38.5 Å². The van der Waals surface area contributed by atoms with Crippen LogP contribution in [-0.2, 0) is 46.4 Å². The lowest BCUT2D eigenvalue weighted by atomic mass is 10.0. The van der Waals surface area contributed by atoms with Crippen molar-refractivity contribution in [1.29, 1.82) is 0 Å². The number of carboxylic acids is 1. The lowest BCUT2D eigenvalue weighted by Gasteiger charge is -2.26. The number of rotatable bonds is 20. The van der Waals surface area contributed by atoms with Crippen LogP contribution in [0, 0.1) is 0 Å². The van der Waals surface area contributed by atoms with Crippen molar-refractivity contribution in [2.24, 2.45) is 17.2 Å². The molecule has 0 bridgehead atoms. The zero-order valence-corrected chi connectivity index (χ0v) is 28.5. The van der Waals surface area contributed by atoms with E-state index in [1.165, 1.54) is 36.0 Å². The highest BCUT2D eigenvalue weighted by Gasteiger charge is 2.33. The molecule has 0 saturated carbocycles. The van der Waals surface area contributed by atoms with E-state index in [1.54, 1.807) is 18.5 Å². The summed E-state index contributed by atoms with van der Waals surface area (Å²) in [5.74, 6) is -6.33. The van der Waals surface area contributed by atoms with E-state index in [0.717, 1.165) is 10.9 Å². The predicted molar refractivity (Wildman–Crippen MR) is 188 cm³/mol. The number of carbonyl (C=O) groups excluding carboxylic acids is 6. The summed E-state index contributed by atoms with van der Waals surface area (Å²) in [6.45, 7) is 0. The number of thioether (sulfide) groups is 1. The molecule has 0 unspecified atom stereocenters. The molecule has 51 heavy (non-hydrogen) atoms. The molecule has 0 fully saturated rings. The normalized spacial score (nSPS) is 13.9. The molecule has 0 saturated heterocycles. The monoisotopic (exact) mass is 726 g/mol. The minimum absolute atomic E-state index is 0.0351. The summed E-state index contributed by atoms with van der Waals surface area (Å²) in [7, 11) is 0. The minimum atomic E-state index is -1.64. The Kier molecular flexibility index (Phi) is 14.8. The van der Waals surface area contributed by atoms with Crippen LogP contribution >= 0.6 is 11.8 Å². The first-order chi connectivity index (χ1) is 24.2. The number of hydrogen-bond acceptors (Lipinski definition) is 10. The molecule has 5 atom stereocenters. The van der Waals surface area contributed by atoms with Crippen molar-refractivity contribution < 1.29 is 43.8 Å². The van der Waals surface area contributed by atoms with E-state index in [9.17, 15) is 43.8 Å². The number of nitrogens with one attached hydrogen (secondary N) is 5. The van der Waals surface area contributed by atoms with Crippen molar-refractivity contribution in [2.45, 2.75) is 62.3 Å². The van der Waals surface area contributed by atoms with Gasteiger partial charge in [-0.25, -0.2) is 4.79 Å². The number of H-pyrrole nitrogens is 1. The van der Waals surface area contributed by atoms with E-state index in [0.29, 0.717) is 16.9 Å². The average Bonchev–Trinajstić information content (AvgIpc) is 3.48. The molecule has 13 N–H and O–H groups in total. The van der Waals surface area contributed by atoms with Gasteiger partial charge in [-0.1, -0.05) is 30.3 Å². The molecular weight excluding hydrogens is 684 g/mol. The molecule has 1 aromatic heterocycles. The number of nitrogens with two attached hydrogens (primary N) is 3. The highest BCUT2D eigenvalue weighted by Crippen LogP contribution is 2.20. The SMILES string of the molecule is CSCC[C@H](NC(=O)[C@H](Cc1c[nH]c2ccccc12)NC(=O)[C@H](Cc1ccc(O)cc1)NC(=O)[C@@H](N)CC(N)=O)C(=O)N[C@@H](CC(N)=O)C(=O)O. The number of phenols is 1. The van der Waals surface area contributed by atoms with E-state index >= 15 is 0 Å². The molecule has 0 aliphatic carbocycles. The van der Waals surface area contributed by atoms with E-state index in [-0.39, 0.29) is 25.0 Å². The van der Waals surface area contributed by atoms with E-state index in [2.05, 4.69) is 26.3 Å². The Morgan fingerprint density at radius 3 is 1.90 bits per heavy atom. The first-order valence-corrected chi connectivity index (χ1v) is 17.2. The highest BCUT2D eigenvalue weighted by molar-refractivity contribution is 7.98. The van der Waals surface area contributed by atoms with Gasteiger partial charge >= 0.3 is 5.97 Å². The Hall–Kier alpha value is -5.62. The van der Waals surface area contributed by atoms with Gasteiger partial charge in [0.15, 0.2) is 0 Å². The van der Waals surface area contributed by atoms with Crippen LogP contribution in [0.15, 0.2) is 54.7 Å². The van der Waals surface area contributed by atoms with Crippen LogP contribution in [0.25, 0.3) is 10.9 Å². The smallest absolute Gasteiger partial charge is 0.326 e. The number of benzene rings is 2. The lowest BCUT2D eigenvalue weighted by molar-refractivity contribution is -0.143. The quantitative estimate of drug-likeness (QED) is 0.0640. The second-order valence-electron chi connectivity index (χ2n) is 11.7. The summed E-state index contributed by atoms with van der Waals surface area (Å²) in [4.78, 5) is 91.7. The van der Waals surface area contributed by atoms with E-state index < -0.39 is 84.5 Å². The van der Waals surface area contributed by atoms with Crippen LogP contribution in [-0.4, -0.2) is 98.8 Å². The number of amides is 6. The van der Waals surface area contributed by atoms with E-state index in [1.807, 2.05) is 18.2 Å². The molecule has 18 heteroatoms. The van der Waals surface area contributed by atoms with Crippen LogP contribution in [0.5, 0.6) is 5.75 Å². The van der Waals surface area contributed by atoms with Gasteiger partial charge in [0.1, 0.15) is 29.9 Å². The van der Waals surface area contributed by atoms with Crippen LogP contribution in [0.1, 0.15) is 30.4 Å². The zero-order chi connectivity index (χ0) is 37.7. The maximum Gasteiger partial charge on any atom is 0.326 e. The van der Waals surface area contributed by atoms with Gasteiger partial charge in [-0.3, -0.25) is 28.8 Å². The number of aromatic hydroxyl groups is 1. The van der Waals surface area contributed by atoms with Crippen molar-refractivity contribution in [2.75, 3.05) is 12.0 Å². The molecule has 6 amide bonds. The summed E-state index contributed by atoms with van der Waals surface area (Å²) in [5, 5.41) is 30.0. The topological polar surface area (TPSA) is 302 Å². The summed E-state index contributed by atoms with van der Waals surface area (Å²) >= 11 is 1.36. The fourth-order valence-electron chi connectivity index (χ4n) is 5.12. The first-order valence-electron chi connectivity index (χ1n) is 15.8. The number of para-hydroxylation sites is 1. The largest absolute Gasteiger partial charge is 0.508 e. The van der Waals surface area contributed by atoms with Gasteiger partial charge in [0, 0.05) is 29.9 Å². The second-order valence-corrected chi connectivity index (χ2v) is 12.7. The number of aromatic amines is 1. The van der Waals surface area contributed by atoms with Crippen molar-refractivity contribution in [3.8, 4) is 5.75 Å². The highest BCUT2D eigenvalue weighted by atomic mass is 32.2. The number of aromatic nitrogens is 1. The molecule has 2 aromatic carbocycles. The standard InChI is InChI=1S/C33H42N8O9S/c1-51-11-10-23(30(46)41-26(33(49)50)15-28(36)44)38-32(48)25(13-18-16-37-22-5-3-2-4-20(18)22)40-31(47)24(12-17-6-8-19(42)9-7-17)39-29(45)21(34)14-27(35)43/h2-9,16,21,23-26,37,42H,10-15,34H2,1H3,(H2,35,43)(H2,36,44)(H,38,48)(H,39,45)(H,40,47)(H,41,46)(H,49,50)/t21-,23-,24-,25-,26-/m0/s1. The zero-order valence-electron chi connectivity index (χ0n) is 27.7. The maximum absolute atomic E-state index is 14.0. The molecule has 0 aliphatic heterocycles. The number of carboxylic acid groups (broad SMARTS) is 1. The van der Waals surface area contributed by atoms with Crippen LogP contribution in [0.3, 0.4) is 0 Å². The first kappa shape index (κ1) is 39.8. The number of primary amides is 2. The Balaban J connectivity index is 1.95. The summed E-state index contributed by atoms with van der Waals surface area (Å²) in [5.41, 5.74) is 18.1. The van der Waals surface area contributed by atoms with Crippen LogP contribution in [0.4, 0.5) is 0 Å². The Morgan fingerprint density at radius 2 is 1.29 bits per heavy atom. The second kappa shape index (κ2) is 19.0. The number of phenolic OH excluding ortho intramolecular Hbond substituents is 1. The number of hydrogen-bond donors (Lipinski definition) is 10. The molecule has 0 spiro atoms. The van der Waals surface area contributed by atoms with Gasteiger partial charge < -0.3 is 53.7 Å². The van der Waals surface area contributed by atoms with Crippen molar-refractivity contribution in [1.82, 2.24) is 26.3 Å². The summed E-state index contributed by atoms with van der Waals surface area (Å²) in [6, 6.07) is 6.08. The number of carbonyl (C=O) groups is 7. The van der Waals surface area contributed by atoms with Crippen molar-refractivity contribution in [3.63, 3.8) is 0 Å². The lowest BCUT2D eigenvalue weighted by Crippen LogP contribution is -2.59. The molecular formula is C33H42N8O9S. The van der Waals surface area contributed by atoms with Gasteiger partial charge in [-0.2, -0.15) is 11.8 Å². The Labute approximate surface area is 296 Å². The molecule has 274 valence electrons. The third-order valence-electron chi connectivity index (χ3n) is 7.76. The summed E-state index contributed by atoms with van der Waals surface area (Å²) < 4.78 is 0. The van der Waals surface area contributed by atoms with Crippen LogP contribution in [0.2, 0.25) is 0 Å². The third-order valence-corrected chi connectivity index (χ3v) is 8.41. The molecule has 0 aliphatic rings. The molecule has 0 radical (unpaired) electrons. The maximum atomic E-state index is 14.0. The third kappa shape index (κ3) is 12.3. The molecule has 3 rings (SSSR count). The summed E-state index contributed by atoms with van der Waals surface area (Å²) in [6.07, 6.45) is 2.12. The van der Waals surface area contributed by atoms with Crippen molar-refractivity contribution >= 4 is 64.1 Å². The Morgan fingerprint density at radius 1 is 0.745 bits per heavy atom. The Bertz CT molecular complexity index is 1730. The molecule has 17 nitrogen and oxygen atoms in total. The number of fused-ring (bicyclic) bond motifs is 1. The molecule has 3 aromatic rings. The van der Waals surface area contributed by atoms with Gasteiger partial charge in [0.05, 0.1) is 18.9 Å². The predicted octanol–water partition coefficient (Wildman–Crippen LogP) is -1.49. The van der Waals surface area contributed by atoms with Gasteiger partial charge in [0.2, 0.25) is 35.4 Å². The fraction of sp³-hybridized carbons (Fsp3) is 0.364. The average molecular weight is 727 g/mol. The fourth-order valence-corrected chi connectivity index (χ4v) is 5.59. The van der Waals surface area contributed by atoms with E-state index in [4.69, 9.17) is 17.2 Å².